The average Bonchev–Trinajstić information content (AvgIpc) is 2.43. The standard InChI is InChI=1S/C15H13Cl2FIN/c1-20-15(9-2-5-14(19)12(17)7-9)8-10-6-11(16)3-4-13(10)18/h2-7,15,20H,8H2,1H3. The van der Waals surface area contributed by atoms with Crippen molar-refractivity contribution in [1.29, 1.82) is 0 Å². The molecule has 2 rings (SSSR count). The molecule has 0 fully saturated rings. The number of halogens is 4. The van der Waals surface area contributed by atoms with E-state index in [4.69, 9.17) is 23.2 Å². The molecule has 0 aliphatic carbocycles. The van der Waals surface area contributed by atoms with Crippen molar-refractivity contribution in [2.24, 2.45) is 0 Å². The normalized spacial score (nSPS) is 12.4. The second kappa shape index (κ2) is 7.07. The van der Waals surface area contributed by atoms with Gasteiger partial charge in [0.25, 0.3) is 0 Å². The molecular formula is C15H13Cl2FIN. The van der Waals surface area contributed by atoms with Crippen molar-refractivity contribution in [3.05, 3.63) is 67.0 Å². The molecule has 0 bridgehead atoms. The molecule has 1 unspecified atom stereocenters. The summed E-state index contributed by atoms with van der Waals surface area (Å²) in [4.78, 5) is 0. The summed E-state index contributed by atoms with van der Waals surface area (Å²) in [5, 5.41) is 4.43. The Morgan fingerprint density at radius 2 is 1.95 bits per heavy atom. The zero-order chi connectivity index (χ0) is 14.7. The molecule has 106 valence electrons. The first-order chi connectivity index (χ1) is 9.51. The van der Waals surface area contributed by atoms with Crippen LogP contribution < -0.4 is 5.32 Å². The summed E-state index contributed by atoms with van der Waals surface area (Å²) < 4.78 is 14.8. The number of hydrogen-bond donors (Lipinski definition) is 1. The Labute approximate surface area is 141 Å². The summed E-state index contributed by atoms with van der Waals surface area (Å²) in [7, 11) is 1.85. The molecule has 0 aliphatic heterocycles. The van der Waals surface area contributed by atoms with Gasteiger partial charge in [-0.1, -0.05) is 29.3 Å². The van der Waals surface area contributed by atoms with Crippen molar-refractivity contribution in [1.82, 2.24) is 5.32 Å². The van der Waals surface area contributed by atoms with Gasteiger partial charge in [0.2, 0.25) is 0 Å². The van der Waals surface area contributed by atoms with Gasteiger partial charge in [-0.25, -0.2) is 4.39 Å². The summed E-state index contributed by atoms with van der Waals surface area (Å²) in [5.74, 6) is -0.244. The lowest BCUT2D eigenvalue weighted by molar-refractivity contribution is 0.554. The number of likely N-dealkylation sites (N-methyl/N-ethyl adjacent to an activating group) is 1. The van der Waals surface area contributed by atoms with Crippen LogP contribution in [-0.4, -0.2) is 7.05 Å². The minimum atomic E-state index is -0.244. The third-order valence-electron chi connectivity index (χ3n) is 3.13. The molecular weight excluding hydrogens is 411 g/mol. The first-order valence-electron chi connectivity index (χ1n) is 6.07. The summed E-state index contributed by atoms with van der Waals surface area (Å²) in [6.45, 7) is 0. The van der Waals surface area contributed by atoms with E-state index in [2.05, 4.69) is 27.9 Å². The largest absolute Gasteiger partial charge is 0.313 e. The van der Waals surface area contributed by atoms with E-state index >= 15 is 0 Å². The lowest BCUT2D eigenvalue weighted by atomic mass is 9.99. The van der Waals surface area contributed by atoms with Gasteiger partial charge in [0.15, 0.2) is 0 Å². The second-order valence-corrected chi connectivity index (χ2v) is 6.46. The summed E-state index contributed by atoms with van der Waals surface area (Å²) in [6.07, 6.45) is 0.514. The first kappa shape index (κ1) is 16.0. The Morgan fingerprint density at radius 3 is 2.60 bits per heavy atom. The molecule has 0 saturated heterocycles. The van der Waals surface area contributed by atoms with E-state index in [1.165, 1.54) is 6.07 Å². The van der Waals surface area contributed by atoms with Crippen molar-refractivity contribution >= 4 is 45.8 Å². The van der Waals surface area contributed by atoms with Crippen LogP contribution in [0.4, 0.5) is 4.39 Å². The molecule has 20 heavy (non-hydrogen) atoms. The zero-order valence-corrected chi connectivity index (χ0v) is 14.4. The zero-order valence-electron chi connectivity index (χ0n) is 10.8. The molecule has 0 aliphatic rings. The predicted octanol–water partition coefficient (Wildman–Crippen LogP) is 5.24. The topological polar surface area (TPSA) is 12.0 Å². The van der Waals surface area contributed by atoms with Gasteiger partial charge in [-0.15, -0.1) is 0 Å². The SMILES string of the molecule is CNC(Cc1cc(Cl)ccc1F)c1ccc(I)c(Cl)c1. The van der Waals surface area contributed by atoms with Gasteiger partial charge in [0, 0.05) is 14.6 Å². The third-order valence-corrected chi connectivity index (χ3v) is 4.93. The van der Waals surface area contributed by atoms with E-state index in [0.717, 1.165) is 9.13 Å². The molecule has 1 N–H and O–H groups in total. The van der Waals surface area contributed by atoms with E-state index in [0.29, 0.717) is 22.0 Å². The summed E-state index contributed by atoms with van der Waals surface area (Å²) in [6, 6.07) is 10.5. The molecule has 1 nitrogen and oxygen atoms in total. The maximum atomic E-state index is 13.8. The molecule has 0 spiro atoms. The van der Waals surface area contributed by atoms with Gasteiger partial charge >= 0.3 is 0 Å². The van der Waals surface area contributed by atoms with Crippen LogP contribution in [-0.2, 0) is 6.42 Å². The minimum Gasteiger partial charge on any atom is -0.313 e. The lowest BCUT2D eigenvalue weighted by Gasteiger charge is -2.18. The van der Waals surface area contributed by atoms with Gasteiger partial charge in [0.05, 0.1) is 5.02 Å². The molecule has 2 aromatic carbocycles. The van der Waals surface area contributed by atoms with Crippen LogP contribution in [0.1, 0.15) is 17.2 Å². The van der Waals surface area contributed by atoms with Gasteiger partial charge in [-0.2, -0.15) is 0 Å². The number of rotatable bonds is 4. The molecule has 1 atom stereocenters. The maximum Gasteiger partial charge on any atom is 0.126 e. The Balaban J connectivity index is 2.28. The third kappa shape index (κ3) is 3.85. The Hall–Kier alpha value is -0.360. The van der Waals surface area contributed by atoms with Gasteiger partial charge in [-0.05, 0) is 77.5 Å². The van der Waals surface area contributed by atoms with Crippen molar-refractivity contribution in [3.8, 4) is 0 Å². The summed E-state index contributed by atoms with van der Waals surface area (Å²) >= 11 is 14.3. The van der Waals surface area contributed by atoms with E-state index in [1.807, 2.05) is 25.2 Å². The predicted molar refractivity (Wildman–Crippen MR) is 91.1 cm³/mol. The smallest absolute Gasteiger partial charge is 0.126 e. The highest BCUT2D eigenvalue weighted by Gasteiger charge is 2.14. The Kier molecular flexibility index (Phi) is 5.66. The average molecular weight is 424 g/mol. The van der Waals surface area contributed by atoms with Crippen LogP contribution in [0.2, 0.25) is 10.0 Å². The van der Waals surface area contributed by atoms with Gasteiger partial charge in [0.1, 0.15) is 5.82 Å². The van der Waals surface area contributed by atoms with Gasteiger partial charge in [-0.3, -0.25) is 0 Å². The molecule has 0 radical (unpaired) electrons. The van der Waals surface area contributed by atoms with E-state index < -0.39 is 0 Å². The van der Waals surface area contributed by atoms with Crippen molar-refractivity contribution in [2.45, 2.75) is 12.5 Å². The van der Waals surface area contributed by atoms with Crippen LogP contribution in [0.15, 0.2) is 36.4 Å². The summed E-state index contributed by atoms with van der Waals surface area (Å²) in [5.41, 5.74) is 1.61. The van der Waals surface area contributed by atoms with Crippen molar-refractivity contribution in [2.75, 3.05) is 7.05 Å². The molecule has 5 heteroatoms. The highest BCUT2D eigenvalue weighted by molar-refractivity contribution is 14.1. The Morgan fingerprint density at radius 1 is 1.20 bits per heavy atom. The molecule has 0 amide bonds. The lowest BCUT2D eigenvalue weighted by Crippen LogP contribution is -2.19. The van der Waals surface area contributed by atoms with Crippen LogP contribution in [0.3, 0.4) is 0 Å². The van der Waals surface area contributed by atoms with Gasteiger partial charge < -0.3 is 5.32 Å². The molecule has 0 saturated carbocycles. The fourth-order valence-corrected chi connectivity index (χ4v) is 2.75. The van der Waals surface area contributed by atoms with Crippen LogP contribution in [0, 0.1) is 9.39 Å². The monoisotopic (exact) mass is 423 g/mol. The second-order valence-electron chi connectivity index (χ2n) is 4.45. The fraction of sp³-hybridized carbons (Fsp3) is 0.200. The number of benzene rings is 2. The van der Waals surface area contributed by atoms with Crippen molar-refractivity contribution in [3.63, 3.8) is 0 Å². The number of hydrogen-bond acceptors (Lipinski definition) is 1. The minimum absolute atomic E-state index is 0.0162. The van der Waals surface area contributed by atoms with Crippen LogP contribution in [0.25, 0.3) is 0 Å². The Bertz CT molecular complexity index is 619. The maximum absolute atomic E-state index is 13.8. The fourth-order valence-electron chi connectivity index (χ4n) is 2.04. The molecule has 0 aromatic heterocycles. The highest BCUT2D eigenvalue weighted by Crippen LogP contribution is 2.26. The van der Waals surface area contributed by atoms with E-state index in [-0.39, 0.29) is 11.9 Å². The molecule has 0 heterocycles. The van der Waals surface area contributed by atoms with Crippen LogP contribution >= 0.6 is 45.8 Å². The first-order valence-corrected chi connectivity index (χ1v) is 7.91. The highest BCUT2D eigenvalue weighted by atomic mass is 127. The van der Waals surface area contributed by atoms with Crippen molar-refractivity contribution < 1.29 is 4.39 Å². The molecule has 2 aromatic rings. The van der Waals surface area contributed by atoms with E-state index in [1.54, 1.807) is 12.1 Å². The van der Waals surface area contributed by atoms with E-state index in [9.17, 15) is 4.39 Å². The quantitative estimate of drug-likeness (QED) is 0.663. The van der Waals surface area contributed by atoms with Crippen LogP contribution in [0.5, 0.6) is 0 Å². The number of nitrogens with one attached hydrogen (secondary N) is 1.